The van der Waals surface area contributed by atoms with Gasteiger partial charge in [-0.3, -0.25) is 14.4 Å². The van der Waals surface area contributed by atoms with Crippen molar-refractivity contribution in [3.05, 3.63) is 59.4 Å². The van der Waals surface area contributed by atoms with E-state index in [1.165, 1.54) is 27.0 Å². The Bertz CT molecular complexity index is 849. The van der Waals surface area contributed by atoms with Crippen molar-refractivity contribution in [3.63, 3.8) is 0 Å². The predicted octanol–water partition coefficient (Wildman–Crippen LogP) is 5.64. The molecule has 7 heteroatoms. The molecule has 0 aliphatic heterocycles. The number of halogens is 1. The Hall–Kier alpha value is -2.90. The predicted molar refractivity (Wildman–Crippen MR) is 142 cm³/mol. The topological polar surface area (TPSA) is 92.7 Å². The van der Waals surface area contributed by atoms with Crippen molar-refractivity contribution < 1.29 is 28.6 Å². The Morgan fingerprint density at radius 1 is 1.00 bits per heavy atom. The summed E-state index contributed by atoms with van der Waals surface area (Å²) in [5, 5.41) is 9.39. The second-order valence-electron chi connectivity index (χ2n) is 7.04. The zero-order valence-corrected chi connectivity index (χ0v) is 23.0. The summed E-state index contributed by atoms with van der Waals surface area (Å²) in [7, 11) is 4.23. The molecule has 0 aromatic heterocycles. The van der Waals surface area contributed by atoms with E-state index in [9.17, 15) is 18.8 Å². The molecular weight excluding hydrogens is 449 g/mol. The van der Waals surface area contributed by atoms with Crippen LogP contribution in [0.5, 0.6) is 0 Å². The lowest BCUT2D eigenvalue weighted by molar-refractivity contribution is -0.131. The van der Waals surface area contributed by atoms with E-state index in [0.29, 0.717) is 11.1 Å². The van der Waals surface area contributed by atoms with Crippen molar-refractivity contribution in [2.45, 2.75) is 54.9 Å². The Balaban J connectivity index is -0.000000481. The molecule has 1 atom stereocenters. The number of aliphatic hydroxyl groups is 1. The van der Waals surface area contributed by atoms with Crippen molar-refractivity contribution in [2.24, 2.45) is 5.92 Å². The average Bonchev–Trinajstić information content (AvgIpc) is 2.88. The van der Waals surface area contributed by atoms with Crippen LogP contribution < -0.4 is 5.32 Å². The van der Waals surface area contributed by atoms with Crippen molar-refractivity contribution in [3.8, 4) is 11.1 Å². The molecule has 35 heavy (non-hydrogen) atoms. The normalized spacial score (nSPS) is 9.71. The number of hydrogen-bond donors (Lipinski definition) is 2. The van der Waals surface area contributed by atoms with Crippen molar-refractivity contribution in [1.82, 2.24) is 5.32 Å². The lowest BCUT2D eigenvalue weighted by Gasteiger charge is -2.04. The summed E-state index contributed by atoms with van der Waals surface area (Å²) in [6.45, 7) is 13.2. The van der Waals surface area contributed by atoms with Gasteiger partial charge in [0.1, 0.15) is 11.6 Å². The zero-order chi connectivity index (χ0) is 28.0. The lowest BCUT2D eigenvalue weighted by atomic mass is 10.0. The maximum atomic E-state index is 13.4. The summed E-state index contributed by atoms with van der Waals surface area (Å²) in [5.74, 6) is -1.00. The SMILES string of the molecule is CC.CC(=O)c1ccc(-c2ccc(C)c(F)c2)cc1.CCCOC.CNC(=O)C(C)C(C)=O.CO. The van der Waals surface area contributed by atoms with Crippen LogP contribution in [0.25, 0.3) is 11.1 Å². The number of rotatable bonds is 6. The van der Waals surface area contributed by atoms with Gasteiger partial charge in [-0.15, -0.1) is 0 Å². The van der Waals surface area contributed by atoms with Crippen LogP contribution in [0.15, 0.2) is 42.5 Å². The quantitative estimate of drug-likeness (QED) is 0.401. The Morgan fingerprint density at radius 3 is 1.77 bits per heavy atom. The first-order valence-electron chi connectivity index (χ1n) is 11.6. The summed E-state index contributed by atoms with van der Waals surface area (Å²) in [6.07, 6.45) is 1.12. The van der Waals surface area contributed by atoms with Gasteiger partial charge in [-0.1, -0.05) is 57.2 Å². The summed E-state index contributed by atoms with van der Waals surface area (Å²) >= 11 is 0. The monoisotopic (exact) mass is 493 g/mol. The summed E-state index contributed by atoms with van der Waals surface area (Å²) in [4.78, 5) is 32.2. The number of hydrogen-bond acceptors (Lipinski definition) is 5. The molecule has 2 aromatic carbocycles. The highest BCUT2D eigenvalue weighted by Gasteiger charge is 2.14. The largest absolute Gasteiger partial charge is 0.400 e. The number of aliphatic hydroxyl groups excluding tert-OH is 1. The van der Waals surface area contributed by atoms with Gasteiger partial charge in [0, 0.05) is 33.4 Å². The van der Waals surface area contributed by atoms with Gasteiger partial charge in [-0.2, -0.15) is 0 Å². The molecule has 2 rings (SSSR count). The molecule has 2 aromatic rings. The van der Waals surface area contributed by atoms with E-state index >= 15 is 0 Å². The fourth-order valence-corrected chi connectivity index (χ4v) is 2.28. The Labute approximate surface area is 210 Å². The van der Waals surface area contributed by atoms with E-state index in [0.717, 1.165) is 31.3 Å². The van der Waals surface area contributed by atoms with Crippen LogP contribution in [-0.4, -0.2) is 50.5 Å². The number of aryl methyl sites for hydroxylation is 1. The molecule has 1 unspecified atom stereocenters. The number of nitrogens with one attached hydrogen (secondary N) is 1. The van der Waals surface area contributed by atoms with Crippen molar-refractivity contribution in [2.75, 3.05) is 27.9 Å². The van der Waals surface area contributed by atoms with Crippen molar-refractivity contribution >= 4 is 17.5 Å². The molecule has 0 radical (unpaired) electrons. The summed E-state index contributed by atoms with van der Waals surface area (Å²) in [5.41, 5.74) is 3.03. The lowest BCUT2D eigenvalue weighted by Crippen LogP contribution is -2.29. The number of methoxy groups -OCH3 is 1. The minimum atomic E-state index is -0.505. The van der Waals surface area contributed by atoms with Gasteiger partial charge in [0.05, 0.1) is 5.92 Å². The van der Waals surface area contributed by atoms with Crippen LogP contribution >= 0.6 is 0 Å². The molecule has 0 heterocycles. The van der Waals surface area contributed by atoms with E-state index in [2.05, 4.69) is 12.2 Å². The first kappa shape index (κ1) is 36.7. The number of benzene rings is 2. The minimum Gasteiger partial charge on any atom is -0.400 e. The zero-order valence-electron chi connectivity index (χ0n) is 23.0. The van der Waals surface area contributed by atoms with Gasteiger partial charge >= 0.3 is 0 Å². The Morgan fingerprint density at radius 2 is 1.49 bits per heavy atom. The number of ketones is 2. The second kappa shape index (κ2) is 22.9. The molecule has 0 aliphatic carbocycles. The first-order chi connectivity index (χ1) is 16.6. The van der Waals surface area contributed by atoms with Gasteiger partial charge in [-0.25, -0.2) is 4.39 Å². The maximum absolute atomic E-state index is 13.4. The standard InChI is InChI=1S/C15H13FO.C6H11NO2.C4H10O.C2H6.CH4O/c1-10-3-4-14(9-15(10)16)13-7-5-12(6-8-13)11(2)17;1-4(5(2)8)6(9)7-3;1-3-4-5-2;2*1-2/h3-9H,1-2H3;4H,1-3H3,(H,7,9);3-4H2,1-2H3;1-2H3;2H,1H3. The molecule has 0 saturated heterocycles. The fourth-order valence-electron chi connectivity index (χ4n) is 2.28. The molecular formula is C28H44FNO5. The van der Waals surface area contributed by atoms with Crippen LogP contribution in [0.2, 0.25) is 0 Å². The molecule has 198 valence electrons. The Kier molecular flexibility index (Phi) is 24.0. The molecule has 0 fully saturated rings. The minimum absolute atomic E-state index is 0.0339. The molecule has 0 bridgehead atoms. The van der Waals surface area contributed by atoms with Crippen molar-refractivity contribution in [1.29, 1.82) is 0 Å². The van der Waals surface area contributed by atoms with E-state index in [1.54, 1.807) is 39.2 Å². The van der Waals surface area contributed by atoms with E-state index in [-0.39, 0.29) is 23.3 Å². The fraction of sp³-hybridized carbons (Fsp3) is 0.464. The number of ether oxygens (including phenoxy) is 1. The van der Waals surface area contributed by atoms with Crippen LogP contribution in [0.4, 0.5) is 4.39 Å². The molecule has 0 aliphatic rings. The number of amides is 1. The van der Waals surface area contributed by atoms with Gasteiger partial charge < -0.3 is 15.2 Å². The highest BCUT2D eigenvalue weighted by atomic mass is 19.1. The van der Waals surface area contributed by atoms with Crippen LogP contribution in [0.1, 0.15) is 63.9 Å². The molecule has 2 N–H and O–H groups in total. The van der Waals surface area contributed by atoms with E-state index < -0.39 is 5.92 Å². The summed E-state index contributed by atoms with van der Waals surface area (Å²) in [6, 6.07) is 12.3. The van der Waals surface area contributed by atoms with Gasteiger partial charge in [0.2, 0.25) is 5.91 Å². The third kappa shape index (κ3) is 16.4. The molecule has 1 amide bonds. The molecule has 0 spiro atoms. The number of carbonyl (C=O) groups excluding carboxylic acids is 3. The maximum Gasteiger partial charge on any atom is 0.230 e. The number of Topliss-reactive ketones (excluding diaryl/α,β-unsaturated/α-hetero) is 2. The van der Waals surface area contributed by atoms with Gasteiger partial charge in [0.15, 0.2) is 5.78 Å². The molecule has 0 saturated carbocycles. The van der Waals surface area contributed by atoms with Crippen LogP contribution in [0.3, 0.4) is 0 Å². The second-order valence-corrected chi connectivity index (χ2v) is 7.04. The third-order valence-corrected chi connectivity index (χ3v) is 4.45. The average molecular weight is 494 g/mol. The van der Waals surface area contributed by atoms with Crippen LogP contribution in [-0.2, 0) is 14.3 Å². The molecule has 6 nitrogen and oxygen atoms in total. The smallest absolute Gasteiger partial charge is 0.230 e. The number of carbonyl (C=O) groups is 3. The van der Waals surface area contributed by atoms with E-state index in [1.807, 2.05) is 32.0 Å². The van der Waals surface area contributed by atoms with Gasteiger partial charge in [-0.05, 0) is 56.9 Å². The summed E-state index contributed by atoms with van der Waals surface area (Å²) < 4.78 is 18.1. The van der Waals surface area contributed by atoms with Gasteiger partial charge in [0.25, 0.3) is 0 Å². The van der Waals surface area contributed by atoms with E-state index in [4.69, 9.17) is 9.84 Å². The first-order valence-corrected chi connectivity index (χ1v) is 11.6. The third-order valence-electron chi connectivity index (χ3n) is 4.45. The van der Waals surface area contributed by atoms with Crippen LogP contribution in [0, 0.1) is 18.7 Å². The highest BCUT2D eigenvalue weighted by Crippen LogP contribution is 2.22. The highest BCUT2D eigenvalue weighted by molar-refractivity contribution is 5.99.